The van der Waals surface area contributed by atoms with Crippen LogP contribution in [0.5, 0.6) is 5.75 Å². The molecule has 0 aliphatic carbocycles. The average molecular weight is 315 g/mol. The molecule has 0 spiro atoms. The second kappa shape index (κ2) is 6.38. The molecular formula is C18H18FNO3. The van der Waals surface area contributed by atoms with E-state index in [-0.39, 0.29) is 36.0 Å². The largest absolute Gasteiger partial charge is 0.508 e. The maximum absolute atomic E-state index is 13.1. The fraction of sp³-hybridized carbons (Fsp3) is 0.278. The Labute approximate surface area is 133 Å². The molecule has 0 saturated carbocycles. The zero-order valence-corrected chi connectivity index (χ0v) is 12.5. The Morgan fingerprint density at radius 1 is 1.04 bits per heavy atom. The van der Waals surface area contributed by atoms with E-state index in [0.29, 0.717) is 18.5 Å². The van der Waals surface area contributed by atoms with Crippen LogP contribution >= 0.6 is 0 Å². The Bertz CT molecular complexity index is 684. The molecule has 120 valence electrons. The van der Waals surface area contributed by atoms with E-state index in [1.54, 1.807) is 41.3 Å². The van der Waals surface area contributed by atoms with Gasteiger partial charge in [-0.25, -0.2) is 4.39 Å². The number of aliphatic hydroxyl groups is 1. The van der Waals surface area contributed by atoms with E-state index >= 15 is 0 Å². The predicted octanol–water partition coefficient (Wildman–Crippen LogP) is 3.01. The van der Waals surface area contributed by atoms with Crippen molar-refractivity contribution in [1.29, 1.82) is 0 Å². The number of β-lactam (4-membered cyclic amide) rings is 1. The smallest absolute Gasteiger partial charge is 0.233 e. The molecule has 2 atom stereocenters. The van der Waals surface area contributed by atoms with Gasteiger partial charge in [0.05, 0.1) is 12.0 Å². The fourth-order valence-electron chi connectivity index (χ4n) is 3.08. The van der Waals surface area contributed by atoms with Crippen LogP contribution in [0.2, 0.25) is 0 Å². The van der Waals surface area contributed by atoms with E-state index < -0.39 is 0 Å². The van der Waals surface area contributed by atoms with Crippen molar-refractivity contribution in [2.24, 2.45) is 5.92 Å². The highest BCUT2D eigenvalue weighted by Crippen LogP contribution is 2.45. The summed E-state index contributed by atoms with van der Waals surface area (Å²) in [6.45, 7) is 0.0443. The van der Waals surface area contributed by atoms with Crippen LogP contribution < -0.4 is 4.90 Å². The van der Waals surface area contributed by atoms with Crippen molar-refractivity contribution in [2.75, 3.05) is 11.5 Å². The topological polar surface area (TPSA) is 60.8 Å². The minimum atomic E-state index is -0.347. The number of aromatic hydroxyl groups is 1. The molecule has 2 aromatic rings. The van der Waals surface area contributed by atoms with Gasteiger partial charge >= 0.3 is 0 Å². The van der Waals surface area contributed by atoms with Crippen molar-refractivity contribution in [3.05, 3.63) is 59.9 Å². The summed E-state index contributed by atoms with van der Waals surface area (Å²) in [4.78, 5) is 14.2. The third kappa shape index (κ3) is 2.92. The summed E-state index contributed by atoms with van der Waals surface area (Å²) in [5.41, 5.74) is 1.56. The molecule has 3 rings (SSSR count). The molecule has 5 heteroatoms. The third-order valence-corrected chi connectivity index (χ3v) is 4.23. The Kier molecular flexibility index (Phi) is 4.30. The first-order valence-corrected chi connectivity index (χ1v) is 7.60. The van der Waals surface area contributed by atoms with Gasteiger partial charge in [-0.3, -0.25) is 4.79 Å². The summed E-state index contributed by atoms with van der Waals surface area (Å²) in [7, 11) is 0. The fourth-order valence-corrected chi connectivity index (χ4v) is 3.08. The van der Waals surface area contributed by atoms with Crippen LogP contribution in [0.1, 0.15) is 24.4 Å². The molecule has 1 aliphatic heterocycles. The number of hydrogen-bond acceptors (Lipinski definition) is 3. The molecule has 1 saturated heterocycles. The zero-order valence-electron chi connectivity index (χ0n) is 12.5. The Morgan fingerprint density at radius 2 is 1.70 bits per heavy atom. The van der Waals surface area contributed by atoms with Gasteiger partial charge in [-0.05, 0) is 54.8 Å². The molecule has 2 N–H and O–H groups in total. The van der Waals surface area contributed by atoms with Gasteiger partial charge in [-0.15, -0.1) is 0 Å². The Hall–Kier alpha value is -2.40. The number of halogens is 1. The van der Waals surface area contributed by atoms with E-state index in [2.05, 4.69) is 0 Å². The monoisotopic (exact) mass is 315 g/mol. The standard InChI is InChI=1S/C18H18FNO3/c19-13-5-7-14(8-6-13)20-17(12-3-9-15(22)10-4-12)16(18(20)23)2-1-11-21/h3-10,16-17,21-22H,1-2,11H2. The number of nitrogens with zero attached hydrogens (tertiary/aromatic N) is 1. The van der Waals surface area contributed by atoms with Crippen LogP contribution in [0.25, 0.3) is 0 Å². The van der Waals surface area contributed by atoms with E-state index in [9.17, 15) is 14.3 Å². The predicted molar refractivity (Wildman–Crippen MR) is 84.5 cm³/mol. The summed E-state index contributed by atoms with van der Waals surface area (Å²) in [5, 5.41) is 18.5. The Balaban J connectivity index is 1.92. The molecule has 0 radical (unpaired) electrons. The maximum atomic E-state index is 13.1. The number of hydrogen-bond donors (Lipinski definition) is 2. The molecule has 1 aliphatic rings. The lowest BCUT2D eigenvalue weighted by Gasteiger charge is -2.47. The number of phenolic OH excluding ortho intramolecular Hbond substituents is 1. The van der Waals surface area contributed by atoms with Crippen molar-refractivity contribution in [1.82, 2.24) is 0 Å². The molecule has 2 aromatic carbocycles. The van der Waals surface area contributed by atoms with Gasteiger partial charge in [0.1, 0.15) is 11.6 Å². The molecule has 2 unspecified atom stereocenters. The Morgan fingerprint density at radius 3 is 2.30 bits per heavy atom. The quantitative estimate of drug-likeness (QED) is 0.834. The van der Waals surface area contributed by atoms with Crippen molar-refractivity contribution in [3.63, 3.8) is 0 Å². The van der Waals surface area contributed by atoms with Crippen LogP contribution in [-0.4, -0.2) is 22.7 Å². The molecule has 23 heavy (non-hydrogen) atoms. The number of phenols is 1. The highest BCUT2D eigenvalue weighted by Gasteiger charge is 2.48. The molecular weight excluding hydrogens is 297 g/mol. The van der Waals surface area contributed by atoms with Crippen LogP contribution in [0.15, 0.2) is 48.5 Å². The van der Waals surface area contributed by atoms with Crippen molar-refractivity contribution >= 4 is 11.6 Å². The van der Waals surface area contributed by atoms with Gasteiger partial charge in [0, 0.05) is 12.3 Å². The molecule has 1 amide bonds. The second-order valence-corrected chi connectivity index (χ2v) is 5.69. The third-order valence-electron chi connectivity index (χ3n) is 4.23. The minimum absolute atomic E-state index is 0.0249. The summed E-state index contributed by atoms with van der Waals surface area (Å²) < 4.78 is 13.1. The van der Waals surface area contributed by atoms with Gasteiger partial charge in [0.25, 0.3) is 0 Å². The first-order chi connectivity index (χ1) is 11.1. The first-order valence-electron chi connectivity index (χ1n) is 7.60. The summed E-state index contributed by atoms with van der Waals surface area (Å²) in [5.74, 6) is -0.417. The van der Waals surface area contributed by atoms with E-state index in [4.69, 9.17) is 5.11 Å². The van der Waals surface area contributed by atoms with Gasteiger partial charge in [0.15, 0.2) is 0 Å². The average Bonchev–Trinajstić information content (AvgIpc) is 2.56. The van der Waals surface area contributed by atoms with Gasteiger partial charge in [-0.2, -0.15) is 0 Å². The van der Waals surface area contributed by atoms with Crippen molar-refractivity contribution in [3.8, 4) is 5.75 Å². The number of anilines is 1. The van der Waals surface area contributed by atoms with Crippen LogP contribution in [-0.2, 0) is 4.79 Å². The maximum Gasteiger partial charge on any atom is 0.233 e. The molecule has 1 fully saturated rings. The highest BCUT2D eigenvalue weighted by atomic mass is 19.1. The normalized spacial score (nSPS) is 20.4. The van der Waals surface area contributed by atoms with Crippen LogP contribution in [0.4, 0.5) is 10.1 Å². The minimum Gasteiger partial charge on any atom is -0.508 e. The highest BCUT2D eigenvalue weighted by molar-refractivity contribution is 6.03. The number of rotatable bonds is 5. The number of benzene rings is 2. The second-order valence-electron chi connectivity index (χ2n) is 5.69. The van der Waals surface area contributed by atoms with Gasteiger partial charge in [0.2, 0.25) is 5.91 Å². The van der Waals surface area contributed by atoms with Gasteiger partial charge < -0.3 is 15.1 Å². The molecule has 1 heterocycles. The number of amides is 1. The lowest BCUT2D eigenvalue weighted by molar-refractivity contribution is -0.130. The van der Waals surface area contributed by atoms with Gasteiger partial charge in [-0.1, -0.05) is 12.1 Å². The SMILES string of the molecule is O=C1C(CCCO)C(c2ccc(O)cc2)N1c1ccc(F)cc1. The van der Waals surface area contributed by atoms with Crippen LogP contribution in [0.3, 0.4) is 0 Å². The summed E-state index contributed by atoms with van der Waals surface area (Å²) in [6.07, 6.45) is 1.15. The van der Waals surface area contributed by atoms with E-state index in [1.807, 2.05) is 0 Å². The van der Waals surface area contributed by atoms with E-state index in [0.717, 1.165) is 5.56 Å². The molecule has 4 nitrogen and oxygen atoms in total. The molecule has 0 bridgehead atoms. The van der Waals surface area contributed by atoms with Crippen LogP contribution in [0, 0.1) is 11.7 Å². The first kappa shape index (κ1) is 15.5. The van der Waals surface area contributed by atoms with Crippen molar-refractivity contribution in [2.45, 2.75) is 18.9 Å². The molecule has 0 aromatic heterocycles. The van der Waals surface area contributed by atoms with E-state index in [1.165, 1.54) is 12.1 Å². The zero-order chi connectivity index (χ0) is 16.4. The number of carbonyl (C=O) groups is 1. The lowest BCUT2D eigenvalue weighted by atomic mass is 9.79. The summed E-state index contributed by atoms with van der Waals surface area (Å²) in [6, 6.07) is 12.4. The summed E-state index contributed by atoms with van der Waals surface area (Å²) >= 11 is 0. The van der Waals surface area contributed by atoms with Crippen molar-refractivity contribution < 1.29 is 19.4 Å². The number of aliphatic hydroxyl groups excluding tert-OH is 1. The number of carbonyl (C=O) groups excluding carboxylic acids is 1. The lowest BCUT2D eigenvalue weighted by Crippen LogP contribution is -2.55.